The average molecular weight is 847 g/mol. The molecule has 0 aliphatic carbocycles. The van der Waals surface area contributed by atoms with Gasteiger partial charge in [-0.1, -0.05) is 143 Å². The lowest BCUT2D eigenvalue weighted by Crippen LogP contribution is -2.67. The first kappa shape index (κ1) is 38.0. The summed E-state index contributed by atoms with van der Waals surface area (Å²) < 4.78 is 48.0. The predicted octanol–water partition coefficient (Wildman–Crippen LogP) is 9.45. The Morgan fingerprint density at radius 2 is 1.28 bits per heavy atom. The first-order chi connectivity index (χ1) is 26.0. The van der Waals surface area contributed by atoms with Crippen LogP contribution >= 0.6 is 34.2 Å². The quantitative estimate of drug-likeness (QED) is 0.0683. The third-order valence-corrected chi connectivity index (χ3v) is 10.4. The van der Waals surface area contributed by atoms with Crippen molar-refractivity contribution in [3.8, 4) is 5.75 Å². The molecule has 0 aromatic heterocycles. The molecule has 0 amide bonds. The second-order valence-electron chi connectivity index (χ2n) is 13.2. The van der Waals surface area contributed by atoms with Gasteiger partial charge in [0.1, 0.15) is 30.7 Å². The summed E-state index contributed by atoms with van der Waals surface area (Å²) >= 11 is 9.21. The molecule has 5 aromatic rings. The van der Waals surface area contributed by atoms with Gasteiger partial charge in [-0.05, 0) is 65.4 Å². The molecule has 7 nitrogen and oxygen atoms in total. The third kappa shape index (κ3) is 8.82. The zero-order valence-corrected chi connectivity index (χ0v) is 32.6. The fraction of sp³-hybridized carbons (Fsp3) is 0.318. The van der Waals surface area contributed by atoms with Crippen molar-refractivity contribution < 1.29 is 33.2 Å². The van der Waals surface area contributed by atoms with E-state index in [9.17, 15) is 0 Å². The fourth-order valence-corrected chi connectivity index (χ4v) is 7.41. The SMILES string of the molecule is CCOc1ccc(Cc2cc([C@]34OC[C@](OCCI)(O3)[C@@H](OCc3ccccc3)[C@H](OCc3ccccc3)[C@H]4OCc3ccccc3)ccc2Cl)cc1. The minimum absolute atomic E-state index is 0.107. The lowest BCUT2D eigenvalue weighted by molar-refractivity contribution is -0.396. The van der Waals surface area contributed by atoms with Gasteiger partial charge in [-0.15, -0.1) is 0 Å². The van der Waals surface area contributed by atoms with Gasteiger partial charge in [-0.25, -0.2) is 0 Å². The van der Waals surface area contributed by atoms with Crippen molar-refractivity contribution in [3.05, 3.63) is 172 Å². The maximum Gasteiger partial charge on any atom is 0.227 e. The third-order valence-electron chi connectivity index (χ3n) is 9.55. The van der Waals surface area contributed by atoms with Crippen LogP contribution in [0.1, 0.15) is 40.3 Å². The largest absolute Gasteiger partial charge is 0.494 e. The van der Waals surface area contributed by atoms with Crippen molar-refractivity contribution >= 4 is 34.2 Å². The highest BCUT2D eigenvalue weighted by molar-refractivity contribution is 14.1. The molecule has 2 saturated heterocycles. The van der Waals surface area contributed by atoms with Gasteiger partial charge in [-0.3, -0.25) is 0 Å². The van der Waals surface area contributed by atoms with E-state index in [-0.39, 0.29) is 6.61 Å². The molecule has 7 rings (SSSR count). The second-order valence-corrected chi connectivity index (χ2v) is 14.6. The van der Waals surface area contributed by atoms with E-state index in [1.165, 1.54) is 0 Å². The summed E-state index contributed by atoms with van der Waals surface area (Å²) in [4.78, 5) is 0. The maximum atomic E-state index is 7.20. The van der Waals surface area contributed by atoms with Gasteiger partial charge in [0.25, 0.3) is 0 Å². The number of benzene rings is 5. The van der Waals surface area contributed by atoms with Crippen molar-refractivity contribution in [3.63, 3.8) is 0 Å². The Hall–Kier alpha value is -3.32. The molecule has 5 atom stereocenters. The molecule has 53 heavy (non-hydrogen) atoms. The number of halogens is 2. The van der Waals surface area contributed by atoms with E-state index in [2.05, 4.69) is 52.9 Å². The molecule has 2 fully saturated rings. The summed E-state index contributed by atoms with van der Waals surface area (Å²) in [5.41, 5.74) is 5.83. The number of hydrogen-bond acceptors (Lipinski definition) is 7. The zero-order chi connectivity index (χ0) is 36.5. The molecule has 276 valence electrons. The van der Waals surface area contributed by atoms with Crippen LogP contribution in [-0.2, 0) is 60.4 Å². The van der Waals surface area contributed by atoms with E-state index in [1.54, 1.807) is 0 Å². The molecule has 9 heteroatoms. The Morgan fingerprint density at radius 1 is 0.698 bits per heavy atom. The second kappa shape index (κ2) is 17.9. The summed E-state index contributed by atoms with van der Waals surface area (Å²) in [5.74, 6) is -1.87. The highest BCUT2D eigenvalue weighted by Gasteiger charge is 2.70. The topological polar surface area (TPSA) is 64.6 Å². The first-order valence-corrected chi connectivity index (χ1v) is 19.9. The van der Waals surface area contributed by atoms with Crippen LogP contribution in [0, 0.1) is 0 Å². The van der Waals surface area contributed by atoms with Crippen LogP contribution in [0.4, 0.5) is 0 Å². The minimum atomic E-state index is -1.41. The van der Waals surface area contributed by atoms with E-state index >= 15 is 0 Å². The molecule has 2 bridgehead atoms. The molecule has 2 heterocycles. The van der Waals surface area contributed by atoms with E-state index in [0.29, 0.717) is 44.5 Å². The van der Waals surface area contributed by atoms with E-state index in [4.69, 9.17) is 44.8 Å². The summed E-state index contributed by atoms with van der Waals surface area (Å²) in [6, 6.07) is 44.3. The number of ether oxygens (including phenoxy) is 7. The summed E-state index contributed by atoms with van der Waals surface area (Å²) in [5, 5.41) is 0.642. The number of alkyl halides is 1. The summed E-state index contributed by atoms with van der Waals surface area (Å²) in [7, 11) is 0. The Bertz CT molecular complexity index is 1880. The van der Waals surface area contributed by atoms with Gasteiger partial charge in [0.2, 0.25) is 11.6 Å². The lowest BCUT2D eigenvalue weighted by Gasteiger charge is -2.50. The van der Waals surface area contributed by atoms with Gasteiger partial charge >= 0.3 is 0 Å². The molecule has 2 aliphatic heterocycles. The van der Waals surface area contributed by atoms with Crippen molar-refractivity contribution in [2.45, 2.75) is 63.1 Å². The van der Waals surface area contributed by atoms with Crippen LogP contribution in [-0.4, -0.2) is 48.3 Å². The average Bonchev–Trinajstić information content (AvgIpc) is 3.55. The molecule has 0 unspecified atom stereocenters. The standard InChI is InChI=1S/C44H44ClIO7/c1-2-47-38-21-18-32(19-22-38)26-36-27-37(20-23-39(36)45)44-42(50-30-35-16-10-5-11-17-35)40(48-28-33-12-6-3-7-13-33)41(49-29-34-14-8-4-9-15-34)43(53-44,31-52-44)51-25-24-46/h3-23,27,40-42H,2,24-26,28-31H2,1H3/t40-,41-,42+,43-,44-/m0/s1. The van der Waals surface area contributed by atoms with E-state index in [1.807, 2.05) is 110 Å². The van der Waals surface area contributed by atoms with Crippen LogP contribution in [0.2, 0.25) is 5.02 Å². The van der Waals surface area contributed by atoms with Crippen LogP contribution in [0.25, 0.3) is 0 Å². The maximum absolute atomic E-state index is 7.20. The van der Waals surface area contributed by atoms with Gasteiger partial charge in [0, 0.05) is 15.0 Å². The predicted molar refractivity (Wildman–Crippen MR) is 213 cm³/mol. The van der Waals surface area contributed by atoms with Crippen molar-refractivity contribution in [2.75, 3.05) is 24.2 Å². The molecule has 0 saturated carbocycles. The smallest absolute Gasteiger partial charge is 0.227 e. The monoisotopic (exact) mass is 846 g/mol. The number of fused-ring (bicyclic) bond motifs is 2. The van der Waals surface area contributed by atoms with E-state index < -0.39 is 29.9 Å². The Labute approximate surface area is 330 Å². The van der Waals surface area contributed by atoms with Gasteiger partial charge in [0.15, 0.2) is 0 Å². The lowest BCUT2D eigenvalue weighted by atomic mass is 9.86. The fourth-order valence-electron chi connectivity index (χ4n) is 7.01. The van der Waals surface area contributed by atoms with E-state index in [0.717, 1.165) is 43.6 Å². The normalized spacial score (nSPS) is 23.6. The number of rotatable bonds is 17. The van der Waals surface area contributed by atoms with Crippen molar-refractivity contribution in [2.24, 2.45) is 0 Å². The molecule has 2 aliphatic rings. The summed E-state index contributed by atoms with van der Waals surface area (Å²) in [6.45, 7) is 4.06. The molecule has 0 spiro atoms. The molecule has 0 N–H and O–H groups in total. The zero-order valence-electron chi connectivity index (χ0n) is 29.7. The van der Waals surface area contributed by atoms with Crippen LogP contribution < -0.4 is 4.74 Å². The Kier molecular flexibility index (Phi) is 12.8. The van der Waals surface area contributed by atoms with Crippen LogP contribution in [0.15, 0.2) is 133 Å². The summed E-state index contributed by atoms with van der Waals surface area (Å²) in [6.07, 6.45) is -1.55. The van der Waals surface area contributed by atoms with Gasteiger partial charge < -0.3 is 33.2 Å². The van der Waals surface area contributed by atoms with Crippen LogP contribution in [0.3, 0.4) is 0 Å². The Balaban J connectivity index is 1.31. The molecular formula is C44H44ClIO7. The van der Waals surface area contributed by atoms with Gasteiger partial charge in [0.05, 0.1) is 33.0 Å². The first-order valence-electron chi connectivity index (χ1n) is 18.0. The molecule has 0 radical (unpaired) electrons. The van der Waals surface area contributed by atoms with Crippen molar-refractivity contribution in [1.82, 2.24) is 0 Å². The Morgan fingerprint density at radius 3 is 1.87 bits per heavy atom. The highest BCUT2D eigenvalue weighted by Crippen LogP contribution is 2.53. The molecule has 5 aromatic carbocycles. The minimum Gasteiger partial charge on any atom is -0.494 e. The van der Waals surface area contributed by atoms with Crippen LogP contribution in [0.5, 0.6) is 5.75 Å². The molecular weight excluding hydrogens is 803 g/mol. The van der Waals surface area contributed by atoms with Gasteiger partial charge in [-0.2, -0.15) is 0 Å². The highest BCUT2D eigenvalue weighted by atomic mass is 127. The van der Waals surface area contributed by atoms with Crippen molar-refractivity contribution in [1.29, 1.82) is 0 Å². The number of hydrogen-bond donors (Lipinski definition) is 0.